The number of aryl methyl sites for hydroxylation is 1. The number of rotatable bonds is 6. The van der Waals surface area contributed by atoms with Crippen molar-refractivity contribution < 1.29 is 4.74 Å². The number of hydrogen-bond donors (Lipinski definition) is 1. The Kier molecular flexibility index (Phi) is 5.08. The molecule has 2 nitrogen and oxygen atoms in total. The first-order chi connectivity index (χ1) is 6.84. The summed E-state index contributed by atoms with van der Waals surface area (Å²) in [5, 5.41) is 3.27. The fourth-order valence-electron chi connectivity index (χ4n) is 1.27. The minimum Gasteiger partial charge on any atom is -0.493 e. The van der Waals surface area contributed by atoms with E-state index in [9.17, 15) is 0 Å². The van der Waals surface area contributed by atoms with Gasteiger partial charge < -0.3 is 10.1 Å². The molecule has 0 radical (unpaired) electrons. The number of ether oxygens (including phenoxy) is 1. The Morgan fingerprint density at radius 2 is 2.07 bits per heavy atom. The van der Waals surface area contributed by atoms with Gasteiger partial charge in [-0.05, 0) is 38.1 Å². The van der Waals surface area contributed by atoms with Crippen LogP contribution in [0.25, 0.3) is 0 Å². The van der Waals surface area contributed by atoms with E-state index in [0.717, 1.165) is 31.9 Å². The third-order valence-corrected chi connectivity index (χ3v) is 2.10. The number of para-hydroxylation sites is 1. The lowest BCUT2D eigenvalue weighted by molar-refractivity contribution is 0.307. The van der Waals surface area contributed by atoms with E-state index < -0.39 is 0 Å². The van der Waals surface area contributed by atoms with Gasteiger partial charge in [-0.3, -0.25) is 0 Å². The highest BCUT2D eigenvalue weighted by atomic mass is 16.5. The maximum Gasteiger partial charge on any atom is 0.122 e. The maximum atomic E-state index is 5.64. The van der Waals surface area contributed by atoms with Crippen LogP contribution in [0.1, 0.15) is 18.9 Å². The fraction of sp³-hybridized carbons (Fsp3) is 0.500. The van der Waals surface area contributed by atoms with Gasteiger partial charge in [0.15, 0.2) is 0 Å². The summed E-state index contributed by atoms with van der Waals surface area (Å²) in [5.41, 5.74) is 1.20. The normalized spacial score (nSPS) is 10.1. The van der Waals surface area contributed by atoms with Gasteiger partial charge >= 0.3 is 0 Å². The molecule has 0 heterocycles. The van der Waals surface area contributed by atoms with Crippen molar-refractivity contribution in [3.63, 3.8) is 0 Å². The van der Waals surface area contributed by atoms with E-state index in [4.69, 9.17) is 4.74 Å². The van der Waals surface area contributed by atoms with Crippen LogP contribution in [0, 0.1) is 6.92 Å². The molecular formula is C12H19NO. The van der Waals surface area contributed by atoms with Gasteiger partial charge in [0.25, 0.3) is 0 Å². The van der Waals surface area contributed by atoms with Crippen molar-refractivity contribution >= 4 is 0 Å². The maximum absolute atomic E-state index is 5.64. The van der Waals surface area contributed by atoms with Gasteiger partial charge in [0.2, 0.25) is 0 Å². The molecule has 0 amide bonds. The molecule has 0 aliphatic heterocycles. The molecule has 0 atom stereocenters. The smallest absolute Gasteiger partial charge is 0.122 e. The summed E-state index contributed by atoms with van der Waals surface area (Å²) >= 11 is 0. The predicted octanol–water partition coefficient (Wildman–Crippen LogP) is 2.37. The molecule has 0 unspecified atom stereocenters. The molecule has 0 bridgehead atoms. The molecule has 0 aliphatic rings. The number of hydrogen-bond acceptors (Lipinski definition) is 2. The lowest BCUT2D eigenvalue weighted by Crippen LogP contribution is -2.16. The Morgan fingerprint density at radius 3 is 2.79 bits per heavy atom. The second-order valence-electron chi connectivity index (χ2n) is 3.32. The Labute approximate surface area is 86.3 Å². The van der Waals surface area contributed by atoms with Crippen LogP contribution < -0.4 is 10.1 Å². The van der Waals surface area contributed by atoms with Crippen LogP contribution >= 0.6 is 0 Å². The van der Waals surface area contributed by atoms with E-state index in [0.29, 0.717) is 0 Å². The molecule has 0 fully saturated rings. The SMILES string of the molecule is CCNCCCOc1ccccc1C. The van der Waals surface area contributed by atoms with Crippen LogP contribution in [0.15, 0.2) is 24.3 Å². The molecular weight excluding hydrogens is 174 g/mol. The highest BCUT2D eigenvalue weighted by Gasteiger charge is 1.96. The largest absolute Gasteiger partial charge is 0.493 e. The number of nitrogens with one attached hydrogen (secondary N) is 1. The van der Waals surface area contributed by atoms with Crippen LogP contribution in [-0.2, 0) is 0 Å². The molecule has 1 aromatic rings. The van der Waals surface area contributed by atoms with Gasteiger partial charge in [0, 0.05) is 0 Å². The summed E-state index contributed by atoms with van der Waals surface area (Å²) in [6.07, 6.45) is 1.06. The van der Waals surface area contributed by atoms with Crippen LogP contribution in [-0.4, -0.2) is 19.7 Å². The minimum absolute atomic E-state index is 0.790. The van der Waals surface area contributed by atoms with Crippen LogP contribution in [0.5, 0.6) is 5.75 Å². The standard InChI is InChI=1S/C12H19NO/c1-3-13-9-6-10-14-12-8-5-4-7-11(12)2/h4-5,7-8,13H,3,6,9-10H2,1-2H3. The zero-order valence-electron chi connectivity index (χ0n) is 9.05. The minimum atomic E-state index is 0.790. The predicted molar refractivity (Wildman–Crippen MR) is 59.8 cm³/mol. The van der Waals surface area contributed by atoms with Crippen molar-refractivity contribution in [2.24, 2.45) is 0 Å². The zero-order valence-corrected chi connectivity index (χ0v) is 9.05. The molecule has 0 aliphatic carbocycles. The lowest BCUT2D eigenvalue weighted by Gasteiger charge is -2.08. The van der Waals surface area contributed by atoms with Gasteiger partial charge in [0.1, 0.15) is 5.75 Å². The van der Waals surface area contributed by atoms with E-state index in [1.165, 1.54) is 5.56 Å². The van der Waals surface area contributed by atoms with Crippen LogP contribution in [0.3, 0.4) is 0 Å². The molecule has 0 spiro atoms. The van der Waals surface area contributed by atoms with E-state index in [1.807, 2.05) is 18.2 Å². The van der Waals surface area contributed by atoms with Gasteiger partial charge in [0.05, 0.1) is 6.61 Å². The Bertz CT molecular complexity index is 260. The molecule has 0 saturated heterocycles. The van der Waals surface area contributed by atoms with E-state index in [-0.39, 0.29) is 0 Å². The Hall–Kier alpha value is -1.02. The molecule has 78 valence electrons. The average Bonchev–Trinajstić information content (AvgIpc) is 2.20. The topological polar surface area (TPSA) is 21.3 Å². The summed E-state index contributed by atoms with van der Waals surface area (Å²) in [6, 6.07) is 8.12. The summed E-state index contributed by atoms with van der Waals surface area (Å²) < 4.78 is 5.64. The van der Waals surface area contributed by atoms with Crippen molar-refractivity contribution in [1.82, 2.24) is 5.32 Å². The molecule has 0 aromatic heterocycles. The Morgan fingerprint density at radius 1 is 1.29 bits per heavy atom. The average molecular weight is 193 g/mol. The molecule has 14 heavy (non-hydrogen) atoms. The van der Waals surface area contributed by atoms with Crippen molar-refractivity contribution in [2.45, 2.75) is 20.3 Å². The first-order valence-corrected chi connectivity index (χ1v) is 5.23. The van der Waals surface area contributed by atoms with Gasteiger partial charge in [-0.1, -0.05) is 25.1 Å². The lowest BCUT2D eigenvalue weighted by atomic mass is 10.2. The molecule has 2 heteroatoms. The first kappa shape index (κ1) is 11.1. The van der Waals surface area contributed by atoms with Crippen molar-refractivity contribution in [3.05, 3.63) is 29.8 Å². The van der Waals surface area contributed by atoms with Gasteiger partial charge in [-0.2, -0.15) is 0 Å². The second kappa shape index (κ2) is 6.44. The molecule has 0 saturated carbocycles. The highest BCUT2D eigenvalue weighted by Crippen LogP contribution is 2.15. The second-order valence-corrected chi connectivity index (χ2v) is 3.32. The van der Waals surface area contributed by atoms with Crippen LogP contribution in [0.2, 0.25) is 0 Å². The van der Waals surface area contributed by atoms with Gasteiger partial charge in [-0.25, -0.2) is 0 Å². The van der Waals surface area contributed by atoms with E-state index in [2.05, 4.69) is 25.2 Å². The fourth-order valence-corrected chi connectivity index (χ4v) is 1.27. The zero-order chi connectivity index (χ0) is 10.2. The first-order valence-electron chi connectivity index (χ1n) is 5.23. The molecule has 1 rings (SSSR count). The van der Waals surface area contributed by atoms with E-state index in [1.54, 1.807) is 0 Å². The molecule has 1 aromatic carbocycles. The molecule has 1 N–H and O–H groups in total. The third-order valence-electron chi connectivity index (χ3n) is 2.10. The summed E-state index contributed by atoms with van der Waals surface area (Å²) in [4.78, 5) is 0. The summed E-state index contributed by atoms with van der Waals surface area (Å²) in [5.74, 6) is 1.00. The van der Waals surface area contributed by atoms with Crippen molar-refractivity contribution in [1.29, 1.82) is 0 Å². The number of benzene rings is 1. The summed E-state index contributed by atoms with van der Waals surface area (Å²) in [7, 11) is 0. The van der Waals surface area contributed by atoms with Crippen molar-refractivity contribution in [2.75, 3.05) is 19.7 Å². The van der Waals surface area contributed by atoms with Crippen LogP contribution in [0.4, 0.5) is 0 Å². The monoisotopic (exact) mass is 193 g/mol. The highest BCUT2D eigenvalue weighted by molar-refractivity contribution is 5.31. The third kappa shape index (κ3) is 3.79. The quantitative estimate of drug-likeness (QED) is 0.700. The van der Waals surface area contributed by atoms with Crippen molar-refractivity contribution in [3.8, 4) is 5.75 Å². The van der Waals surface area contributed by atoms with E-state index >= 15 is 0 Å². The van der Waals surface area contributed by atoms with Gasteiger partial charge in [-0.15, -0.1) is 0 Å². The summed E-state index contributed by atoms with van der Waals surface area (Å²) in [6.45, 7) is 7.03. The Balaban J connectivity index is 2.21.